The van der Waals surface area contributed by atoms with Gasteiger partial charge in [-0.2, -0.15) is 0 Å². The van der Waals surface area contributed by atoms with E-state index >= 15 is 0 Å². The minimum Gasteiger partial charge on any atom is -0.493 e. The van der Waals surface area contributed by atoms with Crippen molar-refractivity contribution >= 4 is 42.6 Å². The Labute approximate surface area is 157 Å². The summed E-state index contributed by atoms with van der Waals surface area (Å²) in [5.74, 6) is 0.999. The van der Waals surface area contributed by atoms with Gasteiger partial charge < -0.3 is 4.74 Å². The quantitative estimate of drug-likeness (QED) is 0.259. The third kappa shape index (κ3) is 6.46. The SMILES string of the molecule is BrCCCCCCCCCCOc1ccc(Br)c2ccccc12. The molecule has 0 saturated carbocycles. The molecule has 126 valence electrons. The van der Waals surface area contributed by atoms with Gasteiger partial charge in [-0.05, 0) is 30.4 Å². The molecule has 3 heteroatoms. The largest absolute Gasteiger partial charge is 0.493 e. The van der Waals surface area contributed by atoms with Gasteiger partial charge in [-0.3, -0.25) is 0 Å². The van der Waals surface area contributed by atoms with E-state index in [2.05, 4.69) is 68.3 Å². The molecule has 2 aromatic rings. The van der Waals surface area contributed by atoms with E-state index in [4.69, 9.17) is 4.74 Å². The van der Waals surface area contributed by atoms with Crippen molar-refractivity contribution in [1.29, 1.82) is 0 Å². The molecule has 0 aromatic heterocycles. The number of benzene rings is 2. The van der Waals surface area contributed by atoms with Crippen molar-refractivity contribution in [3.05, 3.63) is 40.9 Å². The van der Waals surface area contributed by atoms with Crippen LogP contribution in [0.5, 0.6) is 5.75 Å². The van der Waals surface area contributed by atoms with Crippen LogP contribution in [-0.2, 0) is 0 Å². The summed E-state index contributed by atoms with van der Waals surface area (Å²) in [6, 6.07) is 12.5. The van der Waals surface area contributed by atoms with Crippen molar-refractivity contribution in [2.24, 2.45) is 0 Å². The molecule has 23 heavy (non-hydrogen) atoms. The summed E-state index contributed by atoms with van der Waals surface area (Å²) in [6.07, 6.45) is 10.6. The van der Waals surface area contributed by atoms with Crippen LogP contribution in [0.3, 0.4) is 0 Å². The molecule has 0 radical (unpaired) electrons. The number of ether oxygens (including phenoxy) is 1. The summed E-state index contributed by atoms with van der Waals surface area (Å²) in [5.41, 5.74) is 0. The summed E-state index contributed by atoms with van der Waals surface area (Å²) in [6.45, 7) is 0.815. The number of fused-ring (bicyclic) bond motifs is 1. The first-order chi connectivity index (χ1) is 11.3. The second-order valence-corrected chi connectivity index (χ2v) is 7.60. The number of halogens is 2. The second kappa shape index (κ2) is 11.1. The van der Waals surface area contributed by atoms with E-state index < -0.39 is 0 Å². The third-order valence-corrected chi connectivity index (χ3v) is 5.37. The highest BCUT2D eigenvalue weighted by Gasteiger charge is 2.04. The van der Waals surface area contributed by atoms with E-state index in [9.17, 15) is 0 Å². The minimum atomic E-state index is 0.815. The first-order valence-corrected chi connectivity index (χ1v) is 10.6. The van der Waals surface area contributed by atoms with Crippen LogP contribution < -0.4 is 4.74 Å². The van der Waals surface area contributed by atoms with Crippen LogP contribution in [0.25, 0.3) is 10.8 Å². The molecule has 0 unspecified atom stereocenters. The molecule has 0 spiro atoms. The van der Waals surface area contributed by atoms with E-state index in [1.165, 1.54) is 55.7 Å². The lowest BCUT2D eigenvalue weighted by atomic mass is 10.1. The van der Waals surface area contributed by atoms with Crippen molar-refractivity contribution in [2.45, 2.75) is 51.4 Å². The molecule has 0 bridgehead atoms. The van der Waals surface area contributed by atoms with E-state index in [1.807, 2.05) is 0 Å². The lowest BCUT2D eigenvalue weighted by Crippen LogP contribution is -1.98. The maximum Gasteiger partial charge on any atom is 0.127 e. The Bertz CT molecular complexity index is 583. The van der Waals surface area contributed by atoms with Crippen molar-refractivity contribution in [3.63, 3.8) is 0 Å². The fraction of sp³-hybridized carbons (Fsp3) is 0.500. The highest BCUT2D eigenvalue weighted by Crippen LogP contribution is 2.31. The molecule has 1 nitrogen and oxygen atoms in total. The van der Waals surface area contributed by atoms with Gasteiger partial charge in [-0.1, -0.05) is 94.7 Å². The lowest BCUT2D eigenvalue weighted by molar-refractivity contribution is 0.307. The zero-order chi connectivity index (χ0) is 16.3. The average Bonchev–Trinajstić information content (AvgIpc) is 2.58. The van der Waals surface area contributed by atoms with Crippen LogP contribution in [0, 0.1) is 0 Å². The van der Waals surface area contributed by atoms with Gasteiger partial charge in [0.2, 0.25) is 0 Å². The second-order valence-electron chi connectivity index (χ2n) is 5.96. The Morgan fingerprint density at radius 3 is 2.00 bits per heavy atom. The molecule has 0 aliphatic rings. The van der Waals surface area contributed by atoms with E-state index in [1.54, 1.807) is 0 Å². The van der Waals surface area contributed by atoms with Crippen molar-refractivity contribution < 1.29 is 4.74 Å². The lowest BCUT2D eigenvalue weighted by Gasteiger charge is -2.10. The number of unbranched alkanes of at least 4 members (excludes halogenated alkanes) is 7. The number of alkyl halides is 1. The maximum absolute atomic E-state index is 6.01. The fourth-order valence-corrected chi connectivity index (χ4v) is 3.67. The predicted octanol–water partition coefficient (Wildman–Crippen LogP) is 7.50. The fourth-order valence-electron chi connectivity index (χ4n) is 2.80. The van der Waals surface area contributed by atoms with Gasteiger partial charge in [0.05, 0.1) is 6.61 Å². The topological polar surface area (TPSA) is 9.23 Å². The van der Waals surface area contributed by atoms with Gasteiger partial charge in [-0.15, -0.1) is 0 Å². The molecule has 0 amide bonds. The minimum absolute atomic E-state index is 0.815. The van der Waals surface area contributed by atoms with Crippen molar-refractivity contribution in [2.75, 3.05) is 11.9 Å². The standard InChI is InChI=1S/C20H26Br2O/c21-15-9-5-3-1-2-4-6-10-16-23-20-14-13-19(22)17-11-7-8-12-18(17)20/h7-8,11-14H,1-6,9-10,15-16H2. The summed E-state index contributed by atoms with van der Waals surface area (Å²) in [4.78, 5) is 0. The summed E-state index contributed by atoms with van der Waals surface area (Å²) in [5, 5.41) is 3.55. The molecular formula is C20H26Br2O. The van der Waals surface area contributed by atoms with Crippen LogP contribution in [0.1, 0.15) is 51.4 Å². The molecule has 0 aliphatic heterocycles. The van der Waals surface area contributed by atoms with E-state index in [0.717, 1.165) is 28.6 Å². The summed E-state index contributed by atoms with van der Waals surface area (Å²) >= 11 is 7.09. The smallest absolute Gasteiger partial charge is 0.127 e. The van der Waals surface area contributed by atoms with Gasteiger partial charge in [0.1, 0.15) is 5.75 Å². The Balaban J connectivity index is 1.65. The van der Waals surface area contributed by atoms with Crippen LogP contribution in [0.2, 0.25) is 0 Å². The Hall–Kier alpha value is -0.540. The average molecular weight is 442 g/mol. The van der Waals surface area contributed by atoms with Gasteiger partial charge >= 0.3 is 0 Å². The number of hydrogen-bond donors (Lipinski definition) is 0. The van der Waals surface area contributed by atoms with E-state index in [-0.39, 0.29) is 0 Å². The third-order valence-electron chi connectivity index (χ3n) is 4.12. The van der Waals surface area contributed by atoms with Crippen LogP contribution in [-0.4, -0.2) is 11.9 Å². The number of hydrogen-bond acceptors (Lipinski definition) is 1. The first kappa shape index (κ1) is 18.8. The first-order valence-electron chi connectivity index (χ1n) is 8.69. The molecular weight excluding hydrogens is 416 g/mol. The highest BCUT2D eigenvalue weighted by molar-refractivity contribution is 9.10. The zero-order valence-electron chi connectivity index (χ0n) is 13.7. The molecule has 0 heterocycles. The number of rotatable bonds is 11. The normalized spacial score (nSPS) is 11.0. The monoisotopic (exact) mass is 440 g/mol. The Morgan fingerprint density at radius 1 is 0.696 bits per heavy atom. The van der Waals surface area contributed by atoms with Gasteiger partial charge in [0, 0.05) is 15.2 Å². The summed E-state index contributed by atoms with van der Waals surface area (Å²) in [7, 11) is 0. The van der Waals surface area contributed by atoms with Gasteiger partial charge in [0.25, 0.3) is 0 Å². The molecule has 0 fully saturated rings. The highest BCUT2D eigenvalue weighted by atomic mass is 79.9. The van der Waals surface area contributed by atoms with Crippen LogP contribution in [0.4, 0.5) is 0 Å². The van der Waals surface area contributed by atoms with Crippen molar-refractivity contribution in [1.82, 2.24) is 0 Å². The Morgan fingerprint density at radius 2 is 1.30 bits per heavy atom. The summed E-state index contributed by atoms with van der Waals surface area (Å²) < 4.78 is 7.13. The maximum atomic E-state index is 6.01. The molecule has 0 N–H and O–H groups in total. The predicted molar refractivity (Wildman–Crippen MR) is 108 cm³/mol. The van der Waals surface area contributed by atoms with Gasteiger partial charge in [0.15, 0.2) is 0 Å². The Kier molecular flexibility index (Phi) is 9.06. The molecule has 2 aromatic carbocycles. The van der Waals surface area contributed by atoms with Gasteiger partial charge in [-0.25, -0.2) is 0 Å². The van der Waals surface area contributed by atoms with Crippen LogP contribution in [0.15, 0.2) is 40.9 Å². The zero-order valence-corrected chi connectivity index (χ0v) is 16.9. The van der Waals surface area contributed by atoms with Crippen LogP contribution >= 0.6 is 31.9 Å². The van der Waals surface area contributed by atoms with E-state index in [0.29, 0.717) is 0 Å². The molecule has 2 rings (SSSR count). The molecule has 0 atom stereocenters. The molecule has 0 aliphatic carbocycles. The molecule has 0 saturated heterocycles. The van der Waals surface area contributed by atoms with Crippen molar-refractivity contribution in [3.8, 4) is 5.75 Å².